The highest BCUT2D eigenvalue weighted by Gasteiger charge is 2.25. The summed E-state index contributed by atoms with van der Waals surface area (Å²) in [5.41, 5.74) is 1.55. The van der Waals surface area contributed by atoms with Crippen molar-refractivity contribution < 1.29 is 5.11 Å². The van der Waals surface area contributed by atoms with Crippen LogP contribution in [0.25, 0.3) is 0 Å². The molecule has 0 saturated heterocycles. The van der Waals surface area contributed by atoms with Gasteiger partial charge in [0.05, 0.1) is 0 Å². The summed E-state index contributed by atoms with van der Waals surface area (Å²) >= 11 is 4.32. The van der Waals surface area contributed by atoms with E-state index in [1.165, 1.54) is 0 Å². The Kier molecular flexibility index (Phi) is 2.80. The molecule has 2 aromatic carbocycles. The van der Waals surface area contributed by atoms with Gasteiger partial charge in [-0.2, -0.15) is 0 Å². The highest BCUT2D eigenvalue weighted by atomic mass is 32.1. The summed E-state index contributed by atoms with van der Waals surface area (Å²) in [7, 11) is 0. The molecule has 0 fully saturated rings. The third kappa shape index (κ3) is 2.06. The Bertz CT molecular complexity index is 381. The van der Waals surface area contributed by atoms with Crippen LogP contribution in [0, 0.1) is 0 Å². The molecule has 0 heterocycles. The normalized spacial score (nSPS) is 11.3. The lowest BCUT2D eigenvalue weighted by Crippen LogP contribution is -2.19. The molecular formula is C13H12OS. The van der Waals surface area contributed by atoms with Crippen molar-refractivity contribution in [2.24, 2.45) is 0 Å². The van der Waals surface area contributed by atoms with Gasteiger partial charge in [0.15, 0.2) is 4.93 Å². The van der Waals surface area contributed by atoms with Crippen molar-refractivity contribution in [1.82, 2.24) is 0 Å². The van der Waals surface area contributed by atoms with E-state index in [1.807, 2.05) is 60.7 Å². The highest BCUT2D eigenvalue weighted by molar-refractivity contribution is 7.81. The number of hydrogen-bond donors (Lipinski definition) is 2. The lowest BCUT2D eigenvalue weighted by atomic mass is 10.0. The molecule has 0 aromatic heterocycles. The SMILES string of the molecule is OC(S)(c1ccccc1)c1ccccc1. The van der Waals surface area contributed by atoms with E-state index in [9.17, 15) is 5.11 Å². The van der Waals surface area contributed by atoms with Crippen LogP contribution in [-0.2, 0) is 4.93 Å². The number of benzene rings is 2. The topological polar surface area (TPSA) is 20.2 Å². The van der Waals surface area contributed by atoms with E-state index in [2.05, 4.69) is 12.6 Å². The van der Waals surface area contributed by atoms with Gasteiger partial charge in [0, 0.05) is 0 Å². The summed E-state index contributed by atoms with van der Waals surface area (Å²) in [6, 6.07) is 18.8. The molecule has 1 nitrogen and oxygen atoms in total. The van der Waals surface area contributed by atoms with Gasteiger partial charge < -0.3 is 5.11 Å². The van der Waals surface area contributed by atoms with Crippen LogP contribution < -0.4 is 0 Å². The second kappa shape index (κ2) is 4.09. The van der Waals surface area contributed by atoms with E-state index >= 15 is 0 Å². The van der Waals surface area contributed by atoms with Gasteiger partial charge >= 0.3 is 0 Å². The van der Waals surface area contributed by atoms with Crippen LogP contribution in [0.5, 0.6) is 0 Å². The van der Waals surface area contributed by atoms with Gasteiger partial charge in [-0.3, -0.25) is 0 Å². The zero-order valence-electron chi connectivity index (χ0n) is 8.17. The van der Waals surface area contributed by atoms with E-state index in [4.69, 9.17) is 0 Å². The first-order chi connectivity index (χ1) is 7.21. The first kappa shape index (κ1) is 10.3. The molecule has 0 spiro atoms. The summed E-state index contributed by atoms with van der Waals surface area (Å²) in [5.74, 6) is 0. The van der Waals surface area contributed by atoms with Gasteiger partial charge in [-0.1, -0.05) is 60.7 Å². The fourth-order valence-electron chi connectivity index (χ4n) is 1.51. The third-order valence-corrected chi connectivity index (χ3v) is 2.87. The van der Waals surface area contributed by atoms with E-state index in [-0.39, 0.29) is 0 Å². The standard InChI is InChI=1S/C13H12OS/c14-13(15,11-7-3-1-4-8-11)12-9-5-2-6-10-12/h1-10,14-15H. The Morgan fingerprint density at radius 3 is 1.40 bits per heavy atom. The van der Waals surface area contributed by atoms with E-state index in [1.54, 1.807) is 0 Å². The van der Waals surface area contributed by atoms with Gasteiger partial charge in [0.1, 0.15) is 0 Å². The average Bonchev–Trinajstić information content (AvgIpc) is 2.31. The molecule has 0 unspecified atom stereocenters. The lowest BCUT2D eigenvalue weighted by molar-refractivity contribution is 0.184. The molecule has 0 radical (unpaired) electrons. The zero-order chi connectivity index (χ0) is 10.7. The van der Waals surface area contributed by atoms with Gasteiger partial charge in [0.25, 0.3) is 0 Å². The molecule has 0 aliphatic carbocycles. The quantitative estimate of drug-likeness (QED) is 0.584. The van der Waals surface area contributed by atoms with Crippen molar-refractivity contribution in [2.45, 2.75) is 4.93 Å². The lowest BCUT2D eigenvalue weighted by Gasteiger charge is -2.23. The Labute approximate surface area is 94.8 Å². The maximum Gasteiger partial charge on any atom is 0.159 e. The molecule has 2 heteroatoms. The predicted octanol–water partition coefficient (Wildman–Crippen LogP) is 2.81. The van der Waals surface area contributed by atoms with E-state index < -0.39 is 4.93 Å². The number of thiol groups is 1. The summed E-state index contributed by atoms with van der Waals surface area (Å²) < 4.78 is 0. The molecule has 1 N–H and O–H groups in total. The Morgan fingerprint density at radius 2 is 1.07 bits per heavy atom. The summed E-state index contributed by atoms with van der Waals surface area (Å²) in [4.78, 5) is -1.22. The molecule has 0 bridgehead atoms. The molecule has 0 atom stereocenters. The fourth-order valence-corrected chi connectivity index (χ4v) is 1.81. The molecule has 2 aromatic rings. The maximum absolute atomic E-state index is 10.3. The van der Waals surface area contributed by atoms with Gasteiger partial charge in [0.2, 0.25) is 0 Å². The predicted molar refractivity (Wildman–Crippen MR) is 64.9 cm³/mol. The van der Waals surface area contributed by atoms with Crippen LogP contribution in [0.1, 0.15) is 11.1 Å². The van der Waals surface area contributed by atoms with E-state index in [0.29, 0.717) is 0 Å². The smallest absolute Gasteiger partial charge is 0.159 e. The Balaban J connectivity index is 2.44. The van der Waals surface area contributed by atoms with Crippen LogP contribution >= 0.6 is 12.6 Å². The first-order valence-electron chi connectivity index (χ1n) is 4.77. The van der Waals surface area contributed by atoms with Crippen molar-refractivity contribution in [2.75, 3.05) is 0 Å². The molecular weight excluding hydrogens is 204 g/mol. The minimum Gasteiger partial charge on any atom is -0.371 e. The van der Waals surface area contributed by atoms with Gasteiger partial charge in [-0.15, -0.1) is 12.6 Å². The first-order valence-corrected chi connectivity index (χ1v) is 5.22. The maximum atomic E-state index is 10.3. The van der Waals surface area contributed by atoms with E-state index in [0.717, 1.165) is 11.1 Å². The zero-order valence-corrected chi connectivity index (χ0v) is 9.06. The van der Waals surface area contributed by atoms with Crippen LogP contribution in [0.4, 0.5) is 0 Å². The second-order valence-electron chi connectivity index (χ2n) is 3.40. The van der Waals surface area contributed by atoms with Crippen molar-refractivity contribution >= 4 is 12.6 Å². The van der Waals surface area contributed by atoms with Crippen molar-refractivity contribution in [1.29, 1.82) is 0 Å². The average molecular weight is 216 g/mol. The molecule has 2 rings (SSSR count). The molecule has 15 heavy (non-hydrogen) atoms. The molecule has 0 aliphatic rings. The summed E-state index contributed by atoms with van der Waals surface area (Å²) in [6.07, 6.45) is 0. The van der Waals surface area contributed by atoms with Crippen LogP contribution in [0.15, 0.2) is 60.7 Å². The Morgan fingerprint density at radius 1 is 0.733 bits per heavy atom. The van der Waals surface area contributed by atoms with Crippen molar-refractivity contribution in [3.8, 4) is 0 Å². The second-order valence-corrected chi connectivity index (χ2v) is 4.05. The fraction of sp³-hybridized carbons (Fsp3) is 0.0769. The van der Waals surface area contributed by atoms with Gasteiger partial charge in [-0.05, 0) is 11.1 Å². The summed E-state index contributed by atoms with van der Waals surface area (Å²) in [6.45, 7) is 0. The minimum atomic E-state index is -1.22. The number of aliphatic hydroxyl groups is 1. The van der Waals surface area contributed by atoms with Gasteiger partial charge in [-0.25, -0.2) is 0 Å². The third-order valence-electron chi connectivity index (χ3n) is 2.35. The molecule has 0 amide bonds. The molecule has 0 saturated carbocycles. The number of hydrogen-bond acceptors (Lipinski definition) is 2. The van der Waals surface area contributed by atoms with Crippen LogP contribution in [0.3, 0.4) is 0 Å². The molecule has 76 valence electrons. The number of rotatable bonds is 2. The minimum absolute atomic E-state index is 0.777. The highest BCUT2D eigenvalue weighted by Crippen LogP contribution is 2.32. The van der Waals surface area contributed by atoms with Crippen LogP contribution in [0.2, 0.25) is 0 Å². The largest absolute Gasteiger partial charge is 0.371 e. The van der Waals surface area contributed by atoms with Crippen molar-refractivity contribution in [3.05, 3.63) is 71.8 Å². The van der Waals surface area contributed by atoms with Crippen molar-refractivity contribution in [3.63, 3.8) is 0 Å². The summed E-state index contributed by atoms with van der Waals surface area (Å²) in [5, 5.41) is 10.3. The molecule has 0 aliphatic heterocycles. The Hall–Kier alpha value is -1.25. The van der Waals surface area contributed by atoms with Crippen LogP contribution in [-0.4, -0.2) is 5.11 Å². The monoisotopic (exact) mass is 216 g/mol.